The smallest absolute Gasteiger partial charge is 0.241 e. The van der Waals surface area contributed by atoms with Gasteiger partial charge in [-0.2, -0.15) is 0 Å². The maximum Gasteiger partial charge on any atom is 0.241 e. The van der Waals surface area contributed by atoms with E-state index in [1.54, 1.807) is 12.4 Å². The summed E-state index contributed by atoms with van der Waals surface area (Å²) in [6.45, 7) is 13.9. The van der Waals surface area contributed by atoms with Gasteiger partial charge >= 0.3 is 0 Å². The highest BCUT2D eigenvalue weighted by molar-refractivity contribution is 7.89. The number of hydrogen-bond donors (Lipinski definition) is 1. The molecule has 3 rings (SSSR count). The predicted molar refractivity (Wildman–Crippen MR) is 130 cm³/mol. The predicted octanol–water partition coefficient (Wildman–Crippen LogP) is 5.90. The molecule has 0 bridgehead atoms. The third kappa shape index (κ3) is 5.59. The summed E-state index contributed by atoms with van der Waals surface area (Å²) in [7, 11) is -3.77. The van der Waals surface area contributed by atoms with Crippen LogP contribution in [0.4, 0.5) is 0 Å². The molecule has 0 saturated carbocycles. The van der Waals surface area contributed by atoms with Crippen LogP contribution in [-0.2, 0) is 14.8 Å². The second kappa shape index (κ2) is 10.4. The van der Waals surface area contributed by atoms with E-state index in [1.165, 1.54) is 5.56 Å². The van der Waals surface area contributed by atoms with Gasteiger partial charge in [-0.25, -0.2) is 13.1 Å². The third-order valence-corrected chi connectivity index (χ3v) is 7.98. The average Bonchev–Trinajstić information content (AvgIpc) is 2.77. The fourth-order valence-corrected chi connectivity index (χ4v) is 6.46. The molecule has 1 aliphatic rings. The van der Waals surface area contributed by atoms with Gasteiger partial charge in [-0.05, 0) is 64.8 Å². The molecular weight excluding hydrogens is 420 g/mol. The van der Waals surface area contributed by atoms with Crippen molar-refractivity contribution in [2.24, 2.45) is 5.92 Å². The van der Waals surface area contributed by atoms with E-state index in [0.717, 1.165) is 29.5 Å². The van der Waals surface area contributed by atoms with E-state index >= 15 is 0 Å². The fourth-order valence-electron chi connectivity index (χ4n) is 4.47. The maximum absolute atomic E-state index is 14.0. The van der Waals surface area contributed by atoms with E-state index in [4.69, 9.17) is 4.74 Å². The Hall–Kier alpha value is -1.76. The van der Waals surface area contributed by atoms with E-state index in [2.05, 4.69) is 63.4 Å². The van der Waals surface area contributed by atoms with Gasteiger partial charge in [0.1, 0.15) is 0 Å². The molecule has 1 aromatic carbocycles. The lowest BCUT2D eigenvalue weighted by Crippen LogP contribution is -2.37. The summed E-state index contributed by atoms with van der Waals surface area (Å²) < 4.78 is 36.7. The number of nitrogens with zero attached hydrogens (tertiary/aromatic N) is 1. The summed E-state index contributed by atoms with van der Waals surface area (Å²) in [5.41, 5.74) is 3.87. The van der Waals surface area contributed by atoms with Crippen molar-refractivity contribution in [2.75, 3.05) is 13.2 Å². The average molecular weight is 459 g/mol. The first-order chi connectivity index (χ1) is 15.1. The summed E-state index contributed by atoms with van der Waals surface area (Å²) in [5, 5.41) is 0. The highest BCUT2D eigenvalue weighted by Crippen LogP contribution is 2.37. The first kappa shape index (κ1) is 24.9. The molecule has 0 radical (unpaired) electrons. The molecule has 1 saturated heterocycles. The normalized spacial score (nSPS) is 16.8. The Labute approximate surface area is 194 Å². The number of pyridine rings is 1. The molecule has 1 aliphatic heterocycles. The third-order valence-electron chi connectivity index (χ3n) is 6.41. The zero-order chi connectivity index (χ0) is 23.5. The number of hydrogen-bond acceptors (Lipinski definition) is 4. The van der Waals surface area contributed by atoms with Crippen LogP contribution in [0.1, 0.15) is 100 Å². The maximum atomic E-state index is 14.0. The van der Waals surface area contributed by atoms with Crippen LogP contribution in [0.25, 0.3) is 0 Å². The highest BCUT2D eigenvalue weighted by atomic mass is 32.2. The lowest BCUT2D eigenvalue weighted by molar-refractivity contribution is 0.0564. The molecule has 1 N–H and O–H groups in total. The standard InChI is InChI=1S/C26H38N2O3S/c1-17(2)22-14-23(18(3)4)26(24(15-22)19(5)6)32(29,30)28-25(20-9-12-31-13-10-20)21-8-7-11-27-16-21/h7-8,11,14-20,25,28H,9-10,12-13H2,1-6H3. The zero-order valence-electron chi connectivity index (χ0n) is 20.3. The topological polar surface area (TPSA) is 68.3 Å². The van der Waals surface area contributed by atoms with Crippen LogP contribution in [-0.4, -0.2) is 26.6 Å². The second-order valence-electron chi connectivity index (χ2n) is 9.83. The minimum Gasteiger partial charge on any atom is -0.381 e. The number of benzene rings is 1. The minimum atomic E-state index is -3.77. The van der Waals surface area contributed by atoms with E-state index in [1.807, 2.05) is 12.1 Å². The highest BCUT2D eigenvalue weighted by Gasteiger charge is 2.33. The molecule has 2 aromatic rings. The molecule has 1 unspecified atom stereocenters. The molecule has 0 amide bonds. The van der Waals surface area contributed by atoms with Gasteiger partial charge in [0, 0.05) is 25.6 Å². The van der Waals surface area contributed by atoms with Gasteiger partial charge in [0.25, 0.3) is 0 Å². The zero-order valence-corrected chi connectivity index (χ0v) is 21.1. The van der Waals surface area contributed by atoms with E-state index in [0.29, 0.717) is 24.0 Å². The Bertz CT molecular complexity index is 966. The molecular formula is C26H38N2O3S. The van der Waals surface area contributed by atoms with E-state index < -0.39 is 10.0 Å². The summed E-state index contributed by atoms with van der Waals surface area (Å²) >= 11 is 0. The van der Waals surface area contributed by atoms with Crippen LogP contribution in [0.15, 0.2) is 41.6 Å². The first-order valence-electron chi connectivity index (χ1n) is 11.8. The lowest BCUT2D eigenvalue weighted by Gasteiger charge is -2.32. The minimum absolute atomic E-state index is 0.0951. The molecule has 1 aromatic heterocycles. The van der Waals surface area contributed by atoms with Crippen LogP contribution in [0.2, 0.25) is 0 Å². The van der Waals surface area contributed by atoms with Crippen molar-refractivity contribution in [3.8, 4) is 0 Å². The van der Waals surface area contributed by atoms with Gasteiger partial charge in [0.15, 0.2) is 0 Å². The number of nitrogens with one attached hydrogen (secondary N) is 1. The number of aromatic nitrogens is 1. The summed E-state index contributed by atoms with van der Waals surface area (Å²) in [6, 6.07) is 7.67. The van der Waals surface area contributed by atoms with Crippen molar-refractivity contribution >= 4 is 10.0 Å². The second-order valence-corrected chi connectivity index (χ2v) is 11.5. The van der Waals surface area contributed by atoms with Crippen molar-refractivity contribution in [3.05, 3.63) is 58.9 Å². The SMILES string of the molecule is CC(C)c1cc(C(C)C)c(S(=O)(=O)NC(c2cccnc2)C2CCOCC2)c(C(C)C)c1. The van der Waals surface area contributed by atoms with Crippen molar-refractivity contribution in [1.29, 1.82) is 0 Å². The Kier molecular flexibility index (Phi) is 8.12. The number of ether oxygens (including phenoxy) is 1. The molecule has 0 spiro atoms. The molecule has 1 atom stereocenters. The molecule has 2 heterocycles. The van der Waals surface area contributed by atoms with Crippen molar-refractivity contribution in [2.45, 2.75) is 83.1 Å². The van der Waals surface area contributed by atoms with Crippen LogP contribution in [0.3, 0.4) is 0 Å². The van der Waals surface area contributed by atoms with Gasteiger partial charge in [-0.3, -0.25) is 4.98 Å². The Morgan fingerprint density at radius 1 is 0.938 bits per heavy atom. The molecule has 176 valence electrons. The monoisotopic (exact) mass is 458 g/mol. The lowest BCUT2D eigenvalue weighted by atomic mass is 9.88. The van der Waals surface area contributed by atoms with Crippen molar-refractivity contribution in [1.82, 2.24) is 9.71 Å². The first-order valence-corrected chi connectivity index (χ1v) is 13.3. The van der Waals surface area contributed by atoms with Crippen molar-refractivity contribution < 1.29 is 13.2 Å². The van der Waals surface area contributed by atoms with E-state index in [9.17, 15) is 8.42 Å². The summed E-state index contributed by atoms with van der Waals surface area (Å²) in [6.07, 6.45) is 5.14. The fraction of sp³-hybridized carbons (Fsp3) is 0.577. The van der Waals surface area contributed by atoms with Crippen LogP contribution >= 0.6 is 0 Å². The molecule has 5 nitrogen and oxygen atoms in total. The van der Waals surface area contributed by atoms with Gasteiger partial charge in [-0.15, -0.1) is 0 Å². The van der Waals surface area contributed by atoms with Gasteiger partial charge < -0.3 is 4.74 Å². The molecule has 32 heavy (non-hydrogen) atoms. The molecule has 6 heteroatoms. The summed E-state index contributed by atoms with van der Waals surface area (Å²) in [5.74, 6) is 0.693. The Morgan fingerprint density at radius 2 is 1.53 bits per heavy atom. The number of sulfonamides is 1. The van der Waals surface area contributed by atoms with Crippen LogP contribution < -0.4 is 4.72 Å². The summed E-state index contributed by atoms with van der Waals surface area (Å²) in [4.78, 5) is 4.71. The number of rotatable bonds is 8. The van der Waals surface area contributed by atoms with Crippen LogP contribution in [0.5, 0.6) is 0 Å². The quantitative estimate of drug-likeness (QED) is 0.535. The Balaban J connectivity index is 2.12. The van der Waals surface area contributed by atoms with Crippen LogP contribution in [0, 0.1) is 5.92 Å². The van der Waals surface area contributed by atoms with Gasteiger partial charge in [-0.1, -0.05) is 59.7 Å². The van der Waals surface area contributed by atoms with Crippen molar-refractivity contribution in [3.63, 3.8) is 0 Å². The largest absolute Gasteiger partial charge is 0.381 e. The molecule has 1 fully saturated rings. The van der Waals surface area contributed by atoms with E-state index in [-0.39, 0.29) is 23.8 Å². The molecule has 0 aliphatic carbocycles. The Morgan fingerprint density at radius 3 is 2.00 bits per heavy atom. The van der Waals surface area contributed by atoms with Gasteiger partial charge in [0.2, 0.25) is 10.0 Å². The van der Waals surface area contributed by atoms with Gasteiger partial charge in [0.05, 0.1) is 10.9 Å².